The molecule has 11 heteroatoms. The highest BCUT2D eigenvalue weighted by atomic mass is 19.2. The highest BCUT2D eigenvalue weighted by Crippen LogP contribution is 2.37. The number of ether oxygens (including phenoxy) is 2. The smallest absolute Gasteiger partial charge is 0.317 e. The summed E-state index contributed by atoms with van der Waals surface area (Å²) in [7, 11) is 0. The molecule has 0 saturated carbocycles. The Hall–Kier alpha value is -4.30. The Kier molecular flexibility index (Phi) is 7.56. The maximum atomic E-state index is 15.4. The van der Waals surface area contributed by atoms with Crippen molar-refractivity contribution in [1.29, 1.82) is 5.26 Å². The molecule has 0 unspecified atom stereocenters. The summed E-state index contributed by atoms with van der Waals surface area (Å²) in [6.45, 7) is 0.500. The van der Waals surface area contributed by atoms with Gasteiger partial charge in [0.2, 0.25) is 11.6 Å². The average molecular weight is 498 g/mol. The summed E-state index contributed by atoms with van der Waals surface area (Å²) in [6.07, 6.45) is 0. The van der Waals surface area contributed by atoms with Crippen LogP contribution in [0.25, 0.3) is 0 Å². The van der Waals surface area contributed by atoms with E-state index < -0.39 is 35.1 Å². The van der Waals surface area contributed by atoms with E-state index in [4.69, 9.17) is 14.6 Å². The topological polar surface area (TPSA) is 98.9 Å². The van der Waals surface area contributed by atoms with E-state index in [1.807, 2.05) is 36.4 Å². The van der Waals surface area contributed by atoms with Crippen LogP contribution in [-0.2, 0) is 11.4 Å². The zero-order valence-corrected chi connectivity index (χ0v) is 19.0. The maximum absolute atomic E-state index is 15.4. The lowest BCUT2D eigenvalue weighted by atomic mass is 10.2. The number of aromatic nitrogens is 1. The van der Waals surface area contributed by atoms with Gasteiger partial charge < -0.3 is 19.5 Å². The fourth-order valence-corrected chi connectivity index (χ4v) is 3.76. The van der Waals surface area contributed by atoms with Gasteiger partial charge in [0.15, 0.2) is 11.5 Å². The van der Waals surface area contributed by atoms with Gasteiger partial charge in [-0.15, -0.1) is 0 Å². The summed E-state index contributed by atoms with van der Waals surface area (Å²) >= 11 is 0. The van der Waals surface area contributed by atoms with Gasteiger partial charge in [-0.2, -0.15) is 23.4 Å². The predicted molar refractivity (Wildman–Crippen MR) is 122 cm³/mol. The van der Waals surface area contributed by atoms with Crippen molar-refractivity contribution in [2.75, 3.05) is 37.6 Å². The number of piperazine rings is 1. The molecule has 1 N–H and O–H groups in total. The minimum atomic E-state index is -1.56. The normalized spacial score (nSPS) is 13.8. The van der Waals surface area contributed by atoms with Crippen molar-refractivity contribution in [2.24, 2.45) is 0 Å². The molecule has 2 heterocycles. The van der Waals surface area contributed by atoms with E-state index in [1.165, 1.54) is 23.1 Å². The molecule has 0 radical (unpaired) electrons. The van der Waals surface area contributed by atoms with Crippen LogP contribution < -0.4 is 14.4 Å². The molecule has 0 spiro atoms. The van der Waals surface area contributed by atoms with E-state index >= 15 is 4.39 Å². The second-order valence-electron chi connectivity index (χ2n) is 7.99. The summed E-state index contributed by atoms with van der Waals surface area (Å²) in [5.41, 5.74) is 0.361. The van der Waals surface area contributed by atoms with Crippen molar-refractivity contribution >= 4 is 11.7 Å². The fraction of sp³-hybridized carbons (Fsp3) is 0.240. The average Bonchev–Trinajstić information content (AvgIpc) is 2.88. The Balaban J connectivity index is 1.61. The third-order valence-electron chi connectivity index (χ3n) is 5.55. The number of benzene rings is 2. The molecule has 36 heavy (non-hydrogen) atoms. The first-order chi connectivity index (χ1) is 17.4. The molecule has 186 valence electrons. The summed E-state index contributed by atoms with van der Waals surface area (Å²) in [6, 6.07) is 15.3. The van der Waals surface area contributed by atoms with Gasteiger partial charge in [0.25, 0.3) is 11.8 Å². The minimum absolute atomic E-state index is 0.0688. The lowest BCUT2D eigenvalue weighted by Gasteiger charge is -2.35. The second-order valence-corrected chi connectivity index (χ2v) is 7.99. The molecule has 1 aromatic heterocycles. The number of aliphatic carboxylic acids is 1. The number of carboxylic acid groups (broad SMARTS) is 1. The van der Waals surface area contributed by atoms with Crippen molar-refractivity contribution in [1.82, 2.24) is 9.88 Å². The van der Waals surface area contributed by atoms with Gasteiger partial charge in [-0.1, -0.05) is 30.3 Å². The van der Waals surface area contributed by atoms with Crippen LogP contribution in [0.3, 0.4) is 0 Å². The van der Waals surface area contributed by atoms with Crippen LogP contribution >= 0.6 is 0 Å². The summed E-state index contributed by atoms with van der Waals surface area (Å²) in [5.74, 6) is -6.05. The van der Waals surface area contributed by atoms with Crippen molar-refractivity contribution in [3.05, 3.63) is 77.2 Å². The fourth-order valence-electron chi connectivity index (χ4n) is 3.76. The van der Waals surface area contributed by atoms with Crippen molar-refractivity contribution in [2.45, 2.75) is 6.61 Å². The molecule has 1 aliphatic rings. The van der Waals surface area contributed by atoms with Crippen molar-refractivity contribution in [3.63, 3.8) is 0 Å². The Morgan fingerprint density at radius 3 is 2.42 bits per heavy atom. The molecule has 4 rings (SSSR count). The first kappa shape index (κ1) is 24.8. The summed E-state index contributed by atoms with van der Waals surface area (Å²) in [4.78, 5) is 17.1. The SMILES string of the molecule is N#Cc1ccc(OCc2ccccc2)c(Oc2nc(F)c(F)c(N3CCN(CC(=O)O)CC3)c2F)c1. The number of hydrogen-bond donors (Lipinski definition) is 1. The van der Waals surface area contributed by atoms with Crippen LogP contribution in [0.4, 0.5) is 18.9 Å². The van der Waals surface area contributed by atoms with Gasteiger partial charge in [0, 0.05) is 32.2 Å². The first-order valence-corrected chi connectivity index (χ1v) is 11.0. The lowest BCUT2D eigenvalue weighted by molar-refractivity contribution is -0.138. The molecular formula is C25H21F3N4O4. The van der Waals surface area contributed by atoms with E-state index in [0.717, 1.165) is 5.56 Å². The van der Waals surface area contributed by atoms with Gasteiger partial charge in [0.1, 0.15) is 12.3 Å². The van der Waals surface area contributed by atoms with Gasteiger partial charge in [-0.3, -0.25) is 9.69 Å². The lowest BCUT2D eigenvalue weighted by Crippen LogP contribution is -2.48. The summed E-state index contributed by atoms with van der Waals surface area (Å²) < 4.78 is 55.7. The summed E-state index contributed by atoms with van der Waals surface area (Å²) in [5, 5.41) is 18.2. The van der Waals surface area contributed by atoms with Crippen molar-refractivity contribution < 1.29 is 32.5 Å². The van der Waals surface area contributed by atoms with Crippen LogP contribution in [-0.4, -0.2) is 53.7 Å². The van der Waals surface area contributed by atoms with Crippen molar-refractivity contribution in [3.8, 4) is 23.4 Å². The van der Waals surface area contributed by atoms with E-state index in [1.54, 1.807) is 4.90 Å². The molecule has 0 bridgehead atoms. The zero-order chi connectivity index (χ0) is 25.7. The largest absolute Gasteiger partial charge is 0.485 e. The highest BCUT2D eigenvalue weighted by Gasteiger charge is 2.29. The third kappa shape index (κ3) is 5.67. The second kappa shape index (κ2) is 11.0. The van der Waals surface area contributed by atoms with Crippen LogP contribution in [0.5, 0.6) is 17.4 Å². The third-order valence-corrected chi connectivity index (χ3v) is 5.55. The number of pyridine rings is 1. The molecular weight excluding hydrogens is 477 g/mol. The Morgan fingerprint density at radius 2 is 1.75 bits per heavy atom. The molecule has 2 aromatic carbocycles. The van der Waals surface area contributed by atoms with Gasteiger partial charge >= 0.3 is 5.97 Å². The molecule has 0 atom stereocenters. The van der Waals surface area contributed by atoms with E-state index in [9.17, 15) is 18.8 Å². The number of halogens is 3. The van der Waals surface area contributed by atoms with Crippen LogP contribution in [0.2, 0.25) is 0 Å². The zero-order valence-electron chi connectivity index (χ0n) is 19.0. The van der Waals surface area contributed by atoms with E-state index in [2.05, 4.69) is 4.98 Å². The molecule has 3 aromatic rings. The van der Waals surface area contributed by atoms with Crippen LogP contribution in [0, 0.1) is 28.9 Å². The number of nitrogens with zero attached hydrogens (tertiary/aromatic N) is 4. The predicted octanol–water partition coefficient (Wildman–Crippen LogP) is 3.95. The van der Waals surface area contributed by atoms with Crippen LogP contribution in [0.1, 0.15) is 11.1 Å². The van der Waals surface area contributed by atoms with E-state index in [-0.39, 0.29) is 56.4 Å². The van der Waals surface area contributed by atoms with Gasteiger partial charge in [0.05, 0.1) is 18.2 Å². The maximum Gasteiger partial charge on any atom is 0.317 e. The number of hydrogen-bond acceptors (Lipinski definition) is 7. The Labute approximate surface area is 204 Å². The highest BCUT2D eigenvalue weighted by molar-refractivity contribution is 5.69. The Morgan fingerprint density at radius 1 is 1.03 bits per heavy atom. The quantitative estimate of drug-likeness (QED) is 0.467. The molecule has 1 fully saturated rings. The molecule has 1 aliphatic heterocycles. The monoisotopic (exact) mass is 498 g/mol. The number of carboxylic acids is 1. The Bertz CT molecular complexity index is 1290. The number of carbonyl (C=O) groups is 1. The number of anilines is 1. The standard InChI is InChI=1S/C25H21F3N4O4/c26-21-23(32-10-8-31(9-11-32)14-20(33)34)22(27)25(30-24(21)28)36-19-12-17(13-29)6-7-18(19)35-15-16-4-2-1-3-5-16/h1-7,12H,8-11,14-15H2,(H,33,34). The van der Waals surface area contributed by atoms with Gasteiger partial charge in [-0.05, 0) is 17.7 Å². The molecule has 1 saturated heterocycles. The number of rotatable bonds is 8. The van der Waals surface area contributed by atoms with Crippen LogP contribution in [0.15, 0.2) is 48.5 Å². The minimum Gasteiger partial charge on any atom is -0.485 e. The van der Waals surface area contributed by atoms with E-state index in [0.29, 0.717) is 0 Å². The molecule has 0 aliphatic carbocycles. The molecule has 8 nitrogen and oxygen atoms in total. The first-order valence-electron chi connectivity index (χ1n) is 11.0. The number of nitriles is 1. The van der Waals surface area contributed by atoms with Gasteiger partial charge in [-0.25, -0.2) is 0 Å². The molecule has 0 amide bonds.